The van der Waals surface area contributed by atoms with E-state index in [0.717, 1.165) is 28.7 Å². The fourth-order valence-electron chi connectivity index (χ4n) is 3.84. The highest BCUT2D eigenvalue weighted by Crippen LogP contribution is 2.52. The maximum Gasteiger partial charge on any atom is 0.401 e. The van der Waals surface area contributed by atoms with Gasteiger partial charge in [-0.2, -0.15) is 13.2 Å². The van der Waals surface area contributed by atoms with Gasteiger partial charge in [0.2, 0.25) is 0 Å². The lowest BCUT2D eigenvalue weighted by atomic mass is 9.73. The molecule has 1 aliphatic carbocycles. The summed E-state index contributed by atoms with van der Waals surface area (Å²) in [6.07, 6.45) is -4.38. The normalized spacial score (nSPS) is 16.5. The van der Waals surface area contributed by atoms with E-state index in [1.807, 2.05) is 55.5 Å². The largest absolute Gasteiger partial charge is 0.401 e. The molecule has 0 fully saturated rings. The number of aliphatic hydroxyl groups excluding tert-OH is 1. The van der Waals surface area contributed by atoms with Gasteiger partial charge in [0, 0.05) is 0 Å². The Hall–Kier alpha value is -1.85. The van der Waals surface area contributed by atoms with Crippen molar-refractivity contribution >= 4 is 0 Å². The van der Waals surface area contributed by atoms with Crippen molar-refractivity contribution in [2.75, 3.05) is 6.54 Å². The quantitative estimate of drug-likeness (QED) is 0.802. The second kappa shape index (κ2) is 6.22. The average molecular weight is 335 g/mol. The Bertz CT molecular complexity index is 681. The fourth-order valence-corrected chi connectivity index (χ4v) is 3.84. The minimum atomic E-state index is -4.37. The molecule has 1 atom stereocenters. The molecule has 0 saturated carbocycles. The number of rotatable bonds is 5. The predicted octanol–water partition coefficient (Wildman–Crippen LogP) is 4.22. The lowest BCUT2D eigenvalue weighted by Crippen LogP contribution is -2.50. The lowest BCUT2D eigenvalue weighted by molar-refractivity contribution is -0.133. The number of fused-ring (bicyclic) bond motifs is 3. The molecule has 2 N–H and O–H groups in total. The Labute approximate surface area is 139 Å². The van der Waals surface area contributed by atoms with Crippen molar-refractivity contribution < 1.29 is 18.3 Å². The summed E-state index contributed by atoms with van der Waals surface area (Å²) in [5.74, 6) is 0. The molecule has 0 spiro atoms. The molecule has 0 radical (unpaired) electrons. The molecule has 2 aromatic carbocycles. The molecule has 1 aliphatic rings. The van der Waals surface area contributed by atoms with E-state index >= 15 is 0 Å². The zero-order chi connectivity index (χ0) is 17.4. The Morgan fingerprint density at radius 1 is 1.00 bits per heavy atom. The second-order valence-corrected chi connectivity index (χ2v) is 6.21. The first-order chi connectivity index (χ1) is 11.4. The van der Waals surface area contributed by atoms with Crippen LogP contribution in [0.3, 0.4) is 0 Å². The van der Waals surface area contributed by atoms with Gasteiger partial charge in [-0.05, 0) is 28.7 Å². The molecular weight excluding hydrogens is 315 g/mol. The highest BCUT2D eigenvalue weighted by molar-refractivity contribution is 5.81. The molecule has 0 amide bonds. The SMILES string of the molecule is CCCC1(C(O)NCC(F)(F)F)c2ccccc2-c2ccccc21. The van der Waals surface area contributed by atoms with Crippen LogP contribution in [0.5, 0.6) is 0 Å². The monoisotopic (exact) mass is 335 g/mol. The molecule has 0 heterocycles. The van der Waals surface area contributed by atoms with Crippen molar-refractivity contribution in [1.82, 2.24) is 5.32 Å². The van der Waals surface area contributed by atoms with Gasteiger partial charge in [-0.15, -0.1) is 0 Å². The van der Waals surface area contributed by atoms with Crippen molar-refractivity contribution in [3.05, 3.63) is 59.7 Å². The van der Waals surface area contributed by atoms with Crippen LogP contribution in [0, 0.1) is 0 Å². The molecule has 128 valence electrons. The number of benzene rings is 2. The molecule has 5 heteroatoms. The molecule has 2 nitrogen and oxygen atoms in total. The van der Waals surface area contributed by atoms with Crippen LogP contribution in [0.25, 0.3) is 11.1 Å². The molecule has 0 aliphatic heterocycles. The summed E-state index contributed by atoms with van der Waals surface area (Å²) < 4.78 is 37.9. The topological polar surface area (TPSA) is 32.3 Å². The molecular formula is C19H20F3NO. The summed E-state index contributed by atoms with van der Waals surface area (Å²) in [7, 11) is 0. The van der Waals surface area contributed by atoms with E-state index in [0.29, 0.717) is 6.42 Å². The summed E-state index contributed by atoms with van der Waals surface area (Å²) >= 11 is 0. The highest BCUT2D eigenvalue weighted by atomic mass is 19.4. The second-order valence-electron chi connectivity index (χ2n) is 6.21. The van der Waals surface area contributed by atoms with Crippen LogP contribution < -0.4 is 5.32 Å². The Morgan fingerprint density at radius 2 is 1.50 bits per heavy atom. The van der Waals surface area contributed by atoms with Gasteiger partial charge in [-0.3, -0.25) is 5.32 Å². The highest BCUT2D eigenvalue weighted by Gasteiger charge is 2.48. The predicted molar refractivity (Wildman–Crippen MR) is 87.6 cm³/mol. The van der Waals surface area contributed by atoms with Crippen LogP contribution >= 0.6 is 0 Å². The first-order valence-electron chi connectivity index (χ1n) is 8.07. The molecule has 3 rings (SSSR count). The summed E-state index contributed by atoms with van der Waals surface area (Å²) in [5, 5.41) is 13.1. The number of hydrogen-bond donors (Lipinski definition) is 2. The number of alkyl halides is 3. The first kappa shape index (κ1) is 17.0. The van der Waals surface area contributed by atoms with Crippen molar-refractivity contribution in [3.8, 4) is 11.1 Å². The minimum Gasteiger partial charge on any atom is -0.377 e. The minimum absolute atomic E-state index is 0.563. The maximum absolute atomic E-state index is 12.6. The Kier molecular flexibility index (Phi) is 4.40. The van der Waals surface area contributed by atoms with E-state index in [4.69, 9.17) is 0 Å². The van der Waals surface area contributed by atoms with Gasteiger partial charge in [-0.1, -0.05) is 61.9 Å². The molecule has 24 heavy (non-hydrogen) atoms. The third kappa shape index (κ3) is 2.72. The third-order valence-corrected chi connectivity index (χ3v) is 4.71. The van der Waals surface area contributed by atoms with Gasteiger partial charge in [0.15, 0.2) is 0 Å². The molecule has 0 saturated heterocycles. The van der Waals surface area contributed by atoms with E-state index in [9.17, 15) is 18.3 Å². The smallest absolute Gasteiger partial charge is 0.377 e. The van der Waals surface area contributed by atoms with E-state index in [1.54, 1.807) is 0 Å². The van der Waals surface area contributed by atoms with E-state index in [2.05, 4.69) is 5.32 Å². The van der Waals surface area contributed by atoms with Crippen molar-refractivity contribution in [2.45, 2.75) is 37.6 Å². The van der Waals surface area contributed by atoms with E-state index < -0.39 is 24.4 Å². The first-order valence-corrected chi connectivity index (χ1v) is 8.07. The van der Waals surface area contributed by atoms with Gasteiger partial charge >= 0.3 is 6.18 Å². The maximum atomic E-state index is 12.6. The average Bonchev–Trinajstić information content (AvgIpc) is 2.84. The van der Waals surface area contributed by atoms with Crippen LogP contribution in [0.1, 0.15) is 30.9 Å². The van der Waals surface area contributed by atoms with Gasteiger partial charge in [0.05, 0.1) is 12.0 Å². The van der Waals surface area contributed by atoms with Crippen molar-refractivity contribution in [2.24, 2.45) is 0 Å². The molecule has 0 bridgehead atoms. The number of aliphatic hydroxyl groups is 1. The zero-order valence-corrected chi connectivity index (χ0v) is 13.4. The van der Waals surface area contributed by atoms with Crippen LogP contribution in [-0.2, 0) is 5.41 Å². The standard InChI is InChI=1S/C19H20F3NO/c1-2-11-18(17(24)23-12-19(20,21)22)15-9-5-3-7-13(15)14-8-4-6-10-16(14)18/h3-10,17,23-24H,2,11-12H2,1H3. The number of nitrogens with one attached hydrogen (secondary N) is 1. The molecule has 0 aromatic heterocycles. The van der Waals surface area contributed by atoms with Crippen molar-refractivity contribution in [1.29, 1.82) is 0 Å². The van der Waals surface area contributed by atoms with Gasteiger partial charge < -0.3 is 5.11 Å². The van der Waals surface area contributed by atoms with Crippen LogP contribution in [0.4, 0.5) is 13.2 Å². The van der Waals surface area contributed by atoms with E-state index in [1.165, 1.54) is 0 Å². The molecule has 2 aromatic rings. The number of halogens is 3. The van der Waals surface area contributed by atoms with Crippen LogP contribution in [0.2, 0.25) is 0 Å². The summed E-state index contributed by atoms with van der Waals surface area (Å²) in [6, 6.07) is 15.3. The lowest BCUT2D eigenvalue weighted by Gasteiger charge is -2.37. The summed E-state index contributed by atoms with van der Waals surface area (Å²) in [4.78, 5) is 0. The third-order valence-electron chi connectivity index (χ3n) is 4.71. The molecule has 1 unspecified atom stereocenters. The van der Waals surface area contributed by atoms with Crippen LogP contribution in [-0.4, -0.2) is 24.1 Å². The van der Waals surface area contributed by atoms with E-state index in [-0.39, 0.29) is 0 Å². The van der Waals surface area contributed by atoms with Crippen molar-refractivity contribution in [3.63, 3.8) is 0 Å². The van der Waals surface area contributed by atoms with Gasteiger partial charge in [-0.25, -0.2) is 0 Å². The van der Waals surface area contributed by atoms with Gasteiger partial charge in [0.25, 0.3) is 0 Å². The number of hydrogen-bond acceptors (Lipinski definition) is 2. The summed E-state index contributed by atoms with van der Waals surface area (Å²) in [5.41, 5.74) is 2.86. The zero-order valence-electron chi connectivity index (χ0n) is 13.4. The van der Waals surface area contributed by atoms with Crippen LogP contribution in [0.15, 0.2) is 48.5 Å². The Morgan fingerprint density at radius 3 is 1.96 bits per heavy atom. The summed E-state index contributed by atoms with van der Waals surface area (Å²) in [6.45, 7) is 0.756. The fraction of sp³-hybridized carbons (Fsp3) is 0.368. The van der Waals surface area contributed by atoms with Gasteiger partial charge in [0.1, 0.15) is 6.23 Å². The Balaban J connectivity index is 2.12.